The molecule has 1 saturated heterocycles. The molecule has 0 aliphatic carbocycles. The number of carbonyl (C=O) groups excluding carboxylic acids is 1. The molecule has 1 N–H and O–H groups in total. The van der Waals surface area contributed by atoms with Crippen LogP contribution in [-0.2, 0) is 4.74 Å². The van der Waals surface area contributed by atoms with Crippen molar-refractivity contribution in [3.05, 3.63) is 29.3 Å². The highest BCUT2D eigenvalue weighted by atomic mass is 32.2. The zero-order valence-corrected chi connectivity index (χ0v) is 14.2. The van der Waals surface area contributed by atoms with E-state index in [9.17, 15) is 4.79 Å². The predicted octanol–water partition coefficient (Wildman–Crippen LogP) is 2.08. The Bertz CT molecular complexity index is 653. The number of morpholine rings is 1. The normalized spacial score (nSPS) is 32.5. The number of fused-ring (bicyclic) bond motifs is 3. The zero-order chi connectivity index (χ0) is 16.0. The predicted molar refractivity (Wildman–Crippen MR) is 91.2 cm³/mol. The molecule has 0 spiro atoms. The summed E-state index contributed by atoms with van der Waals surface area (Å²) >= 11 is 1.80. The van der Waals surface area contributed by atoms with Crippen molar-refractivity contribution in [1.29, 1.82) is 0 Å². The molecule has 0 radical (unpaired) electrons. The lowest BCUT2D eigenvalue weighted by Crippen LogP contribution is -2.48. The molecule has 122 valence electrons. The van der Waals surface area contributed by atoms with E-state index in [1.165, 1.54) is 10.5 Å². The third kappa shape index (κ3) is 2.79. The van der Waals surface area contributed by atoms with Gasteiger partial charge in [0.2, 0.25) is 0 Å². The van der Waals surface area contributed by atoms with E-state index in [2.05, 4.69) is 16.4 Å². The molecule has 6 heteroatoms. The molecule has 1 fully saturated rings. The summed E-state index contributed by atoms with van der Waals surface area (Å²) in [6.07, 6.45) is 2.22. The fraction of sp³-hybridized carbons (Fsp3) is 0.529. The van der Waals surface area contributed by atoms with Gasteiger partial charge in [0.25, 0.3) is 5.91 Å². The third-order valence-corrected chi connectivity index (χ3v) is 5.88. The van der Waals surface area contributed by atoms with Crippen LogP contribution in [0.1, 0.15) is 35.7 Å². The lowest BCUT2D eigenvalue weighted by atomic mass is 9.98. The highest BCUT2D eigenvalue weighted by Gasteiger charge is 2.34. The van der Waals surface area contributed by atoms with E-state index in [4.69, 9.17) is 4.74 Å². The van der Waals surface area contributed by atoms with Crippen LogP contribution in [0.15, 0.2) is 28.1 Å². The molecule has 3 heterocycles. The molecule has 1 amide bonds. The maximum absolute atomic E-state index is 12.8. The van der Waals surface area contributed by atoms with Gasteiger partial charge in [-0.05, 0) is 31.5 Å². The Kier molecular flexibility index (Phi) is 3.91. The van der Waals surface area contributed by atoms with E-state index < -0.39 is 0 Å². The average Bonchev–Trinajstić information content (AvgIpc) is 2.90. The second-order valence-corrected chi connectivity index (χ2v) is 7.66. The van der Waals surface area contributed by atoms with Crippen molar-refractivity contribution in [2.24, 2.45) is 4.99 Å². The summed E-state index contributed by atoms with van der Waals surface area (Å²) in [7, 11) is 0. The van der Waals surface area contributed by atoms with Gasteiger partial charge in [-0.2, -0.15) is 0 Å². The number of rotatable bonds is 1. The Morgan fingerprint density at radius 1 is 1.35 bits per heavy atom. The average molecular weight is 331 g/mol. The number of hydrogen-bond acceptors (Lipinski definition) is 5. The molecule has 3 aliphatic rings. The molecule has 0 saturated carbocycles. The fourth-order valence-corrected chi connectivity index (χ4v) is 4.91. The monoisotopic (exact) mass is 331 g/mol. The number of hydrogen-bond donors (Lipinski definition) is 1. The minimum absolute atomic E-state index is 0.0924. The minimum atomic E-state index is 0.0924. The summed E-state index contributed by atoms with van der Waals surface area (Å²) in [5, 5.41) is 3.75. The molecular formula is C17H21N3O2S. The van der Waals surface area contributed by atoms with Crippen molar-refractivity contribution in [3.63, 3.8) is 0 Å². The number of ether oxygens (including phenoxy) is 1. The molecule has 0 aromatic heterocycles. The van der Waals surface area contributed by atoms with Crippen LogP contribution in [0.2, 0.25) is 0 Å². The maximum atomic E-state index is 12.8. The number of benzene rings is 1. The van der Waals surface area contributed by atoms with Gasteiger partial charge >= 0.3 is 0 Å². The van der Waals surface area contributed by atoms with Crippen LogP contribution in [0.25, 0.3) is 0 Å². The van der Waals surface area contributed by atoms with Crippen LogP contribution in [-0.4, -0.2) is 54.4 Å². The van der Waals surface area contributed by atoms with Crippen molar-refractivity contribution in [1.82, 2.24) is 10.2 Å². The van der Waals surface area contributed by atoms with E-state index in [-0.39, 0.29) is 18.1 Å². The van der Waals surface area contributed by atoms with Crippen molar-refractivity contribution in [2.75, 3.05) is 19.8 Å². The Hall–Kier alpha value is -1.37. The molecule has 4 atom stereocenters. The zero-order valence-electron chi connectivity index (χ0n) is 13.4. The van der Waals surface area contributed by atoms with E-state index in [1.54, 1.807) is 11.8 Å². The maximum Gasteiger partial charge on any atom is 0.254 e. The summed E-state index contributed by atoms with van der Waals surface area (Å²) in [5.41, 5.74) is 2.05. The van der Waals surface area contributed by atoms with E-state index >= 15 is 0 Å². The molecule has 1 aromatic rings. The molecule has 4 rings (SSSR count). The SMILES string of the molecule is C[C@@H]1CN(C(=O)c2ccc3c(c2)SC2NCN=CC32)C[C@H](C)O1. The van der Waals surface area contributed by atoms with Gasteiger partial charge in [-0.15, -0.1) is 11.8 Å². The van der Waals surface area contributed by atoms with Gasteiger partial charge in [-0.25, -0.2) is 0 Å². The Morgan fingerprint density at radius 2 is 2.13 bits per heavy atom. The van der Waals surface area contributed by atoms with Crippen molar-refractivity contribution in [3.8, 4) is 0 Å². The van der Waals surface area contributed by atoms with E-state index in [1.807, 2.05) is 37.1 Å². The summed E-state index contributed by atoms with van der Waals surface area (Å²) in [4.78, 5) is 20.3. The van der Waals surface area contributed by atoms with Gasteiger partial charge in [0.05, 0.1) is 24.3 Å². The van der Waals surface area contributed by atoms with E-state index in [0.29, 0.717) is 31.0 Å². The third-order valence-electron chi connectivity index (χ3n) is 4.56. The van der Waals surface area contributed by atoms with Gasteiger partial charge in [-0.1, -0.05) is 6.07 Å². The first-order chi connectivity index (χ1) is 11.1. The largest absolute Gasteiger partial charge is 0.372 e. The Labute approximate surface area is 140 Å². The van der Waals surface area contributed by atoms with Gasteiger partial charge < -0.3 is 9.64 Å². The van der Waals surface area contributed by atoms with Crippen molar-refractivity contribution >= 4 is 23.9 Å². The van der Waals surface area contributed by atoms with Crippen LogP contribution in [0, 0.1) is 0 Å². The summed E-state index contributed by atoms with van der Waals surface area (Å²) in [6, 6.07) is 6.09. The van der Waals surface area contributed by atoms with Gasteiger partial charge in [0.1, 0.15) is 0 Å². The summed E-state index contributed by atoms with van der Waals surface area (Å²) < 4.78 is 5.72. The number of nitrogens with zero attached hydrogens (tertiary/aromatic N) is 2. The topological polar surface area (TPSA) is 53.9 Å². The number of carbonyl (C=O) groups is 1. The smallest absolute Gasteiger partial charge is 0.254 e. The Morgan fingerprint density at radius 3 is 2.91 bits per heavy atom. The van der Waals surface area contributed by atoms with Crippen LogP contribution in [0.5, 0.6) is 0 Å². The molecule has 2 unspecified atom stereocenters. The number of aliphatic imine (C=N–C) groups is 1. The number of thioether (sulfide) groups is 1. The molecule has 23 heavy (non-hydrogen) atoms. The molecule has 5 nitrogen and oxygen atoms in total. The summed E-state index contributed by atoms with van der Waals surface area (Å²) in [5.74, 6) is 0.420. The van der Waals surface area contributed by atoms with Gasteiger partial charge in [-0.3, -0.25) is 15.1 Å². The van der Waals surface area contributed by atoms with Gasteiger partial charge in [0.15, 0.2) is 0 Å². The second kappa shape index (κ2) is 5.92. The first-order valence-corrected chi connectivity index (χ1v) is 8.98. The van der Waals surface area contributed by atoms with Crippen LogP contribution < -0.4 is 5.32 Å². The number of amides is 1. The van der Waals surface area contributed by atoms with Gasteiger partial charge in [0, 0.05) is 35.7 Å². The first-order valence-electron chi connectivity index (χ1n) is 8.10. The van der Waals surface area contributed by atoms with Crippen LogP contribution in [0.3, 0.4) is 0 Å². The molecule has 1 aromatic carbocycles. The second-order valence-electron chi connectivity index (χ2n) is 6.48. The summed E-state index contributed by atoms with van der Waals surface area (Å²) in [6.45, 7) is 6.03. The molecule has 3 aliphatic heterocycles. The van der Waals surface area contributed by atoms with Crippen molar-refractivity contribution in [2.45, 2.75) is 42.2 Å². The molecule has 0 bridgehead atoms. The quantitative estimate of drug-likeness (QED) is 0.856. The van der Waals surface area contributed by atoms with Crippen LogP contribution >= 0.6 is 11.8 Å². The van der Waals surface area contributed by atoms with E-state index in [0.717, 1.165) is 5.56 Å². The minimum Gasteiger partial charge on any atom is -0.372 e. The standard InChI is InChI=1S/C17H21N3O2S/c1-10-7-20(8-11(2)22-10)17(21)12-3-4-13-14-6-18-9-19-16(14)23-15(13)5-12/h3-6,10-11,14,16,19H,7-9H2,1-2H3/t10-,11+,14?,16?. The highest BCUT2D eigenvalue weighted by Crippen LogP contribution is 2.44. The lowest BCUT2D eigenvalue weighted by molar-refractivity contribution is -0.0586. The highest BCUT2D eigenvalue weighted by molar-refractivity contribution is 8.00. The lowest BCUT2D eigenvalue weighted by Gasteiger charge is -2.35. The Balaban J connectivity index is 1.57. The van der Waals surface area contributed by atoms with Crippen molar-refractivity contribution < 1.29 is 9.53 Å². The number of nitrogens with one attached hydrogen (secondary N) is 1. The fourth-order valence-electron chi connectivity index (χ4n) is 3.58. The van der Waals surface area contributed by atoms with Crippen LogP contribution in [0.4, 0.5) is 0 Å². The molecular weight excluding hydrogens is 310 g/mol. The first kappa shape index (κ1) is 15.2.